The van der Waals surface area contributed by atoms with Gasteiger partial charge in [0.05, 0.1) is 11.8 Å². The molecule has 2 unspecified atom stereocenters. The van der Waals surface area contributed by atoms with Crippen LogP contribution in [0.3, 0.4) is 0 Å². The van der Waals surface area contributed by atoms with Crippen LogP contribution in [0.4, 0.5) is 0 Å². The summed E-state index contributed by atoms with van der Waals surface area (Å²) in [7, 11) is 1.82. The van der Waals surface area contributed by atoms with E-state index in [-0.39, 0.29) is 35.5 Å². The second-order valence-electron chi connectivity index (χ2n) is 8.39. The molecule has 0 spiro atoms. The van der Waals surface area contributed by atoms with Crippen molar-refractivity contribution in [3.05, 3.63) is 36.3 Å². The van der Waals surface area contributed by atoms with E-state index in [1.807, 2.05) is 31.4 Å². The summed E-state index contributed by atoms with van der Waals surface area (Å²) in [4.78, 5) is 9.00. The molecule has 28 heavy (non-hydrogen) atoms. The van der Waals surface area contributed by atoms with Gasteiger partial charge < -0.3 is 19.8 Å². The first-order valence-electron chi connectivity index (χ1n) is 9.96. The molecule has 0 aliphatic carbocycles. The second-order valence-corrected chi connectivity index (χ2v) is 8.39. The highest BCUT2D eigenvalue weighted by Crippen LogP contribution is 2.33. The molecule has 0 bridgehead atoms. The molecule has 2 N–H and O–H groups in total. The molecule has 7 heteroatoms. The van der Waals surface area contributed by atoms with Crippen LogP contribution in [0.25, 0.3) is 5.65 Å². The summed E-state index contributed by atoms with van der Waals surface area (Å²) in [6.07, 6.45) is 7.60. The minimum absolute atomic E-state index is 0. The van der Waals surface area contributed by atoms with Crippen LogP contribution in [0.2, 0.25) is 0 Å². The van der Waals surface area contributed by atoms with Gasteiger partial charge in [0, 0.05) is 51.5 Å². The number of ether oxygens (including phenoxy) is 1. The third kappa shape index (κ3) is 6.07. The third-order valence-corrected chi connectivity index (χ3v) is 5.14. The van der Waals surface area contributed by atoms with Gasteiger partial charge in [0.15, 0.2) is 5.96 Å². The molecule has 3 heterocycles. The average Bonchev–Trinajstić information content (AvgIpc) is 3.06. The zero-order chi connectivity index (χ0) is 19.3. The molecule has 0 aromatic carbocycles. The van der Waals surface area contributed by atoms with Gasteiger partial charge in [0.1, 0.15) is 5.65 Å². The van der Waals surface area contributed by atoms with Crippen molar-refractivity contribution in [1.29, 1.82) is 0 Å². The van der Waals surface area contributed by atoms with Crippen molar-refractivity contribution in [3.63, 3.8) is 0 Å². The fraction of sp³-hybridized carbons (Fsp3) is 0.619. The number of hydrogen-bond donors (Lipinski definition) is 2. The monoisotopic (exact) mass is 499 g/mol. The van der Waals surface area contributed by atoms with Gasteiger partial charge in [-0.15, -0.1) is 24.0 Å². The molecule has 0 saturated carbocycles. The van der Waals surface area contributed by atoms with E-state index in [0.29, 0.717) is 5.92 Å². The van der Waals surface area contributed by atoms with Gasteiger partial charge in [-0.1, -0.05) is 26.8 Å². The molecule has 156 valence electrons. The standard InChI is InChI=1S/C21H33N5O.HI/c1-21(2,3)19-16(8-7-13-27-19)14-24-20(22-4)23-11-10-17-15-26-12-6-5-9-18(26)25-17;/h5-6,9,12,15-16,19H,7-8,10-11,13-14H2,1-4H3,(H2,22,23,24);1H. The largest absolute Gasteiger partial charge is 0.377 e. The van der Waals surface area contributed by atoms with E-state index in [9.17, 15) is 0 Å². The van der Waals surface area contributed by atoms with Gasteiger partial charge in [-0.3, -0.25) is 4.99 Å². The normalized spacial score (nSPS) is 20.6. The van der Waals surface area contributed by atoms with Crippen molar-refractivity contribution >= 4 is 35.6 Å². The molecular formula is C21H34IN5O. The number of nitrogens with zero attached hydrogens (tertiary/aromatic N) is 3. The zero-order valence-corrected chi connectivity index (χ0v) is 19.8. The molecule has 1 fully saturated rings. The molecule has 1 aliphatic heterocycles. The highest BCUT2D eigenvalue weighted by molar-refractivity contribution is 14.0. The van der Waals surface area contributed by atoms with Crippen LogP contribution in [0.1, 0.15) is 39.3 Å². The summed E-state index contributed by atoms with van der Waals surface area (Å²) in [5, 5.41) is 6.89. The Labute approximate surface area is 185 Å². The highest BCUT2D eigenvalue weighted by atomic mass is 127. The van der Waals surface area contributed by atoms with Crippen molar-refractivity contribution in [2.45, 2.75) is 46.1 Å². The van der Waals surface area contributed by atoms with Crippen molar-refractivity contribution in [2.24, 2.45) is 16.3 Å². The summed E-state index contributed by atoms with van der Waals surface area (Å²) >= 11 is 0. The smallest absolute Gasteiger partial charge is 0.191 e. The number of aromatic nitrogens is 2. The van der Waals surface area contributed by atoms with Crippen molar-refractivity contribution in [1.82, 2.24) is 20.0 Å². The van der Waals surface area contributed by atoms with Crippen molar-refractivity contribution in [3.8, 4) is 0 Å². The quantitative estimate of drug-likeness (QED) is 0.376. The summed E-state index contributed by atoms with van der Waals surface area (Å²) in [5.41, 5.74) is 2.23. The summed E-state index contributed by atoms with van der Waals surface area (Å²) in [6.45, 7) is 9.35. The van der Waals surface area contributed by atoms with Gasteiger partial charge >= 0.3 is 0 Å². The fourth-order valence-electron chi connectivity index (χ4n) is 3.87. The molecule has 3 rings (SSSR count). The SMILES string of the molecule is CN=C(NCCc1cn2ccccc2n1)NCC1CCCOC1C(C)(C)C.I. The lowest BCUT2D eigenvalue weighted by Crippen LogP contribution is -2.47. The van der Waals surface area contributed by atoms with Crippen LogP contribution in [-0.4, -0.2) is 48.2 Å². The number of aliphatic imine (C=N–C) groups is 1. The molecule has 0 radical (unpaired) electrons. The number of fused-ring (bicyclic) bond motifs is 1. The van der Waals surface area contributed by atoms with Crippen LogP contribution in [0.5, 0.6) is 0 Å². The number of guanidine groups is 1. The number of hydrogen-bond acceptors (Lipinski definition) is 3. The number of rotatable bonds is 5. The van der Waals surface area contributed by atoms with E-state index in [0.717, 1.165) is 49.8 Å². The summed E-state index contributed by atoms with van der Waals surface area (Å²) in [6, 6.07) is 6.05. The minimum Gasteiger partial charge on any atom is -0.377 e. The molecule has 1 saturated heterocycles. The Morgan fingerprint density at radius 2 is 2.14 bits per heavy atom. The van der Waals surface area contributed by atoms with Gasteiger partial charge in [-0.2, -0.15) is 0 Å². The zero-order valence-electron chi connectivity index (χ0n) is 17.4. The lowest BCUT2D eigenvalue weighted by Gasteiger charge is -2.40. The highest BCUT2D eigenvalue weighted by Gasteiger charge is 2.35. The second kappa shape index (κ2) is 10.4. The number of halogens is 1. The predicted molar refractivity (Wildman–Crippen MR) is 126 cm³/mol. The topological polar surface area (TPSA) is 63.0 Å². The fourth-order valence-corrected chi connectivity index (χ4v) is 3.87. The van der Waals surface area contributed by atoms with Gasteiger partial charge in [-0.05, 0) is 30.4 Å². The lowest BCUT2D eigenvalue weighted by atomic mass is 9.78. The first-order valence-corrected chi connectivity index (χ1v) is 9.96. The maximum atomic E-state index is 6.08. The Kier molecular flexibility index (Phi) is 8.55. The number of imidazole rings is 1. The van der Waals surface area contributed by atoms with Crippen LogP contribution in [-0.2, 0) is 11.2 Å². The van der Waals surface area contributed by atoms with Crippen molar-refractivity contribution in [2.75, 3.05) is 26.7 Å². The molecule has 0 amide bonds. The Bertz CT molecular complexity index is 734. The van der Waals surface area contributed by atoms with E-state index in [4.69, 9.17) is 4.74 Å². The van der Waals surface area contributed by atoms with E-state index in [1.165, 1.54) is 6.42 Å². The van der Waals surface area contributed by atoms with Gasteiger partial charge in [0.2, 0.25) is 0 Å². The van der Waals surface area contributed by atoms with E-state index in [2.05, 4.69) is 52.0 Å². The molecular weight excluding hydrogens is 465 g/mol. The van der Waals surface area contributed by atoms with Crippen LogP contribution in [0, 0.1) is 11.3 Å². The van der Waals surface area contributed by atoms with Gasteiger partial charge in [0.25, 0.3) is 0 Å². The third-order valence-electron chi connectivity index (χ3n) is 5.14. The maximum absolute atomic E-state index is 6.08. The summed E-state index contributed by atoms with van der Waals surface area (Å²) < 4.78 is 8.13. The molecule has 2 aromatic heterocycles. The maximum Gasteiger partial charge on any atom is 0.191 e. The summed E-state index contributed by atoms with van der Waals surface area (Å²) in [5.74, 6) is 1.35. The van der Waals surface area contributed by atoms with Crippen LogP contribution >= 0.6 is 24.0 Å². The Hall–Kier alpha value is -1.35. The average molecular weight is 499 g/mol. The Morgan fingerprint density at radius 3 is 2.86 bits per heavy atom. The van der Waals surface area contributed by atoms with E-state index >= 15 is 0 Å². The minimum atomic E-state index is 0. The number of pyridine rings is 1. The predicted octanol–water partition coefficient (Wildman–Crippen LogP) is 3.50. The van der Waals surface area contributed by atoms with E-state index in [1.54, 1.807) is 0 Å². The number of nitrogens with one attached hydrogen (secondary N) is 2. The van der Waals surface area contributed by atoms with E-state index < -0.39 is 0 Å². The Balaban J connectivity index is 0.00000280. The molecule has 1 aliphatic rings. The van der Waals surface area contributed by atoms with Crippen LogP contribution < -0.4 is 10.6 Å². The van der Waals surface area contributed by atoms with Gasteiger partial charge in [-0.25, -0.2) is 4.98 Å². The molecule has 2 aromatic rings. The van der Waals surface area contributed by atoms with Crippen molar-refractivity contribution < 1.29 is 4.74 Å². The van der Waals surface area contributed by atoms with Crippen LogP contribution in [0.15, 0.2) is 35.6 Å². The first kappa shape index (κ1) is 22.9. The molecule has 6 nitrogen and oxygen atoms in total. The first-order chi connectivity index (χ1) is 13.0. The Morgan fingerprint density at radius 1 is 1.32 bits per heavy atom. The molecule has 2 atom stereocenters. The lowest BCUT2D eigenvalue weighted by molar-refractivity contribution is -0.0835.